The van der Waals surface area contributed by atoms with Crippen molar-refractivity contribution >= 4 is 0 Å². The first-order chi connectivity index (χ1) is 6.45. The Morgan fingerprint density at radius 2 is 2.15 bits per heavy atom. The van der Waals surface area contributed by atoms with E-state index in [0.717, 1.165) is 31.9 Å². The SMILES string of the molecule is [CH](c1ccccn1)N1CCNCC1. The van der Waals surface area contributed by atoms with Crippen molar-refractivity contribution in [2.45, 2.75) is 0 Å². The van der Waals surface area contributed by atoms with E-state index in [2.05, 4.69) is 21.7 Å². The summed E-state index contributed by atoms with van der Waals surface area (Å²) in [5, 5.41) is 3.32. The normalized spacial score (nSPS) is 18.8. The van der Waals surface area contributed by atoms with E-state index in [4.69, 9.17) is 0 Å². The van der Waals surface area contributed by atoms with Crippen LogP contribution in [0.25, 0.3) is 0 Å². The maximum atomic E-state index is 4.26. The summed E-state index contributed by atoms with van der Waals surface area (Å²) in [5.41, 5.74) is 1.05. The van der Waals surface area contributed by atoms with Gasteiger partial charge < -0.3 is 5.32 Å². The van der Waals surface area contributed by atoms with E-state index in [9.17, 15) is 0 Å². The zero-order chi connectivity index (χ0) is 8.93. The minimum atomic E-state index is 1.05. The molecule has 0 saturated carbocycles. The Labute approximate surface area is 78.8 Å². The number of pyridine rings is 1. The third kappa shape index (κ3) is 2.50. The van der Waals surface area contributed by atoms with Crippen LogP contribution >= 0.6 is 0 Å². The van der Waals surface area contributed by atoms with E-state index in [1.807, 2.05) is 24.4 Å². The molecule has 13 heavy (non-hydrogen) atoms. The number of piperazine rings is 1. The van der Waals surface area contributed by atoms with Crippen LogP contribution in [0.1, 0.15) is 5.69 Å². The molecule has 2 rings (SSSR count). The fourth-order valence-corrected chi connectivity index (χ4v) is 1.45. The molecule has 0 aromatic carbocycles. The Balaban J connectivity index is 1.90. The van der Waals surface area contributed by atoms with E-state index in [1.54, 1.807) is 0 Å². The molecule has 1 saturated heterocycles. The van der Waals surface area contributed by atoms with Gasteiger partial charge in [0, 0.05) is 32.4 Å². The fraction of sp³-hybridized carbons (Fsp3) is 0.400. The lowest BCUT2D eigenvalue weighted by Crippen LogP contribution is -2.42. The molecule has 0 atom stereocenters. The molecule has 3 heteroatoms. The van der Waals surface area contributed by atoms with Gasteiger partial charge in [-0.05, 0) is 12.1 Å². The van der Waals surface area contributed by atoms with Gasteiger partial charge >= 0.3 is 0 Å². The lowest BCUT2D eigenvalue weighted by atomic mass is 10.3. The average Bonchev–Trinajstić information content (AvgIpc) is 2.21. The summed E-state index contributed by atoms with van der Waals surface area (Å²) >= 11 is 0. The van der Waals surface area contributed by atoms with Gasteiger partial charge in [0.15, 0.2) is 0 Å². The summed E-state index contributed by atoms with van der Waals surface area (Å²) in [6, 6.07) is 5.98. The lowest BCUT2D eigenvalue weighted by Gasteiger charge is -2.26. The maximum absolute atomic E-state index is 4.26. The van der Waals surface area contributed by atoms with Crippen molar-refractivity contribution in [3.63, 3.8) is 0 Å². The Hall–Kier alpha value is -0.930. The quantitative estimate of drug-likeness (QED) is 0.711. The Bertz CT molecular complexity index is 242. The largest absolute Gasteiger partial charge is 0.314 e. The molecule has 1 aliphatic heterocycles. The lowest BCUT2D eigenvalue weighted by molar-refractivity contribution is 0.298. The predicted octanol–water partition coefficient (Wildman–Crippen LogP) is 0.497. The van der Waals surface area contributed by atoms with Crippen LogP contribution in [-0.4, -0.2) is 36.1 Å². The van der Waals surface area contributed by atoms with Crippen LogP contribution in [0.4, 0.5) is 0 Å². The molecule has 0 bridgehead atoms. The van der Waals surface area contributed by atoms with E-state index in [-0.39, 0.29) is 0 Å². The van der Waals surface area contributed by atoms with Gasteiger partial charge in [-0.25, -0.2) is 0 Å². The second kappa shape index (κ2) is 4.35. The van der Waals surface area contributed by atoms with E-state index in [1.165, 1.54) is 0 Å². The van der Waals surface area contributed by atoms with Crippen molar-refractivity contribution < 1.29 is 0 Å². The molecule has 1 aliphatic rings. The Morgan fingerprint density at radius 3 is 2.85 bits per heavy atom. The molecule has 0 spiro atoms. The van der Waals surface area contributed by atoms with E-state index >= 15 is 0 Å². The smallest absolute Gasteiger partial charge is 0.0736 e. The van der Waals surface area contributed by atoms with Crippen molar-refractivity contribution in [3.8, 4) is 0 Å². The second-order valence-electron chi connectivity index (χ2n) is 3.17. The molecule has 1 fully saturated rings. The summed E-state index contributed by atoms with van der Waals surface area (Å²) < 4.78 is 0. The van der Waals surface area contributed by atoms with Crippen LogP contribution in [0, 0.1) is 6.54 Å². The molecular formula is C10H14N3. The number of hydrogen-bond donors (Lipinski definition) is 1. The summed E-state index contributed by atoms with van der Waals surface area (Å²) in [7, 11) is 0. The summed E-state index contributed by atoms with van der Waals surface area (Å²) in [4.78, 5) is 6.56. The van der Waals surface area contributed by atoms with Gasteiger partial charge in [-0.3, -0.25) is 9.88 Å². The molecule has 1 aromatic heterocycles. The molecule has 0 amide bonds. The Morgan fingerprint density at radius 1 is 1.31 bits per heavy atom. The van der Waals surface area contributed by atoms with Gasteiger partial charge in [0.2, 0.25) is 0 Å². The highest BCUT2D eigenvalue weighted by atomic mass is 15.2. The second-order valence-corrected chi connectivity index (χ2v) is 3.17. The van der Waals surface area contributed by atoms with Crippen molar-refractivity contribution in [2.24, 2.45) is 0 Å². The first-order valence-electron chi connectivity index (χ1n) is 4.66. The van der Waals surface area contributed by atoms with Crippen LogP contribution in [0.15, 0.2) is 24.4 Å². The van der Waals surface area contributed by atoms with Gasteiger partial charge in [0.1, 0.15) is 0 Å². The number of nitrogens with zero attached hydrogens (tertiary/aromatic N) is 2. The summed E-state index contributed by atoms with van der Waals surface area (Å²) in [6.45, 7) is 6.43. The number of hydrogen-bond acceptors (Lipinski definition) is 3. The van der Waals surface area contributed by atoms with Gasteiger partial charge in [-0.1, -0.05) is 6.07 Å². The molecule has 0 unspecified atom stereocenters. The highest BCUT2D eigenvalue weighted by molar-refractivity contribution is 5.12. The fourth-order valence-electron chi connectivity index (χ4n) is 1.45. The number of nitrogens with one attached hydrogen (secondary N) is 1. The third-order valence-corrected chi connectivity index (χ3v) is 2.15. The molecule has 69 valence electrons. The number of aromatic nitrogens is 1. The predicted molar refractivity (Wildman–Crippen MR) is 52.1 cm³/mol. The zero-order valence-corrected chi connectivity index (χ0v) is 7.61. The minimum Gasteiger partial charge on any atom is -0.314 e. The summed E-state index contributed by atoms with van der Waals surface area (Å²) in [6.07, 6.45) is 1.83. The van der Waals surface area contributed by atoms with Crippen molar-refractivity contribution in [1.82, 2.24) is 15.2 Å². The Kier molecular flexibility index (Phi) is 2.90. The highest BCUT2D eigenvalue weighted by Gasteiger charge is 2.10. The molecule has 1 N–H and O–H groups in total. The third-order valence-electron chi connectivity index (χ3n) is 2.15. The summed E-state index contributed by atoms with van der Waals surface area (Å²) in [5.74, 6) is 0. The minimum absolute atomic E-state index is 1.05. The topological polar surface area (TPSA) is 28.2 Å². The van der Waals surface area contributed by atoms with Crippen LogP contribution in [-0.2, 0) is 0 Å². The van der Waals surface area contributed by atoms with E-state index < -0.39 is 0 Å². The van der Waals surface area contributed by atoms with Crippen LogP contribution < -0.4 is 5.32 Å². The zero-order valence-electron chi connectivity index (χ0n) is 7.61. The van der Waals surface area contributed by atoms with Crippen molar-refractivity contribution in [3.05, 3.63) is 36.6 Å². The molecule has 1 aromatic rings. The first kappa shape index (κ1) is 8.66. The van der Waals surface area contributed by atoms with Crippen LogP contribution in [0.5, 0.6) is 0 Å². The van der Waals surface area contributed by atoms with Crippen molar-refractivity contribution in [2.75, 3.05) is 26.2 Å². The van der Waals surface area contributed by atoms with Gasteiger partial charge in [0.05, 0.1) is 12.2 Å². The van der Waals surface area contributed by atoms with Gasteiger partial charge in [-0.15, -0.1) is 0 Å². The molecule has 3 nitrogen and oxygen atoms in total. The number of rotatable bonds is 2. The van der Waals surface area contributed by atoms with Gasteiger partial charge in [-0.2, -0.15) is 0 Å². The molecule has 2 heterocycles. The van der Waals surface area contributed by atoms with Crippen LogP contribution in [0.2, 0.25) is 0 Å². The van der Waals surface area contributed by atoms with Crippen molar-refractivity contribution in [1.29, 1.82) is 0 Å². The van der Waals surface area contributed by atoms with E-state index in [0.29, 0.717) is 0 Å². The average molecular weight is 176 g/mol. The molecule has 0 aliphatic carbocycles. The standard InChI is InChI=1S/C10H14N3/c1-2-4-12-10(3-1)9-13-7-5-11-6-8-13/h1-4,9,11H,5-8H2. The molecule has 1 radical (unpaired) electrons. The highest BCUT2D eigenvalue weighted by Crippen LogP contribution is 2.03. The first-order valence-corrected chi connectivity index (χ1v) is 4.66. The monoisotopic (exact) mass is 176 g/mol. The maximum Gasteiger partial charge on any atom is 0.0736 e. The van der Waals surface area contributed by atoms with Crippen LogP contribution in [0.3, 0.4) is 0 Å². The molecular weight excluding hydrogens is 162 g/mol. The van der Waals surface area contributed by atoms with Gasteiger partial charge in [0.25, 0.3) is 0 Å².